The fourth-order valence-corrected chi connectivity index (χ4v) is 5.47. The molecule has 4 N–H and O–H groups in total. The molecule has 0 fully saturated rings. The number of para-hydroxylation sites is 1. The molecule has 1 aliphatic rings. The Bertz CT molecular complexity index is 1400. The van der Waals surface area contributed by atoms with Crippen molar-refractivity contribution in [2.75, 3.05) is 22.7 Å². The fourth-order valence-electron chi connectivity index (χ4n) is 3.88. The molecule has 1 heterocycles. The molecular formula is C25H24N4O5S. The van der Waals surface area contributed by atoms with Crippen molar-refractivity contribution >= 4 is 39.1 Å². The van der Waals surface area contributed by atoms with E-state index in [9.17, 15) is 22.8 Å². The van der Waals surface area contributed by atoms with E-state index in [1.807, 2.05) is 12.1 Å². The van der Waals surface area contributed by atoms with E-state index in [0.717, 1.165) is 12.0 Å². The van der Waals surface area contributed by atoms with Crippen molar-refractivity contribution in [1.29, 1.82) is 0 Å². The van der Waals surface area contributed by atoms with E-state index in [1.54, 1.807) is 24.3 Å². The maximum atomic E-state index is 13.4. The van der Waals surface area contributed by atoms with Crippen molar-refractivity contribution in [2.45, 2.75) is 17.7 Å². The van der Waals surface area contributed by atoms with Gasteiger partial charge in [-0.05, 0) is 60.9 Å². The number of nitrogens with one attached hydrogen (secondary N) is 2. The largest absolute Gasteiger partial charge is 0.368 e. The number of anilines is 2. The predicted octanol–water partition coefficient (Wildman–Crippen LogP) is 2.30. The third-order valence-corrected chi connectivity index (χ3v) is 7.37. The molecule has 9 nitrogen and oxygen atoms in total. The standard InChI is InChI=1S/C25H24N4O5S/c26-23(30)16-27-24(31)18-7-3-10-20(14-18)28-25(32)19-8-4-11-21(15-19)35(33,34)29-13-5-9-17-6-1-2-12-22(17)29/h1-4,6-8,10-12,14-15H,5,9,13,16H2,(H2,26,30)(H,27,31)(H,28,32). The second-order valence-corrected chi connectivity index (χ2v) is 9.88. The van der Waals surface area contributed by atoms with Gasteiger partial charge in [0.05, 0.1) is 17.1 Å². The number of primary amides is 1. The highest BCUT2D eigenvalue weighted by molar-refractivity contribution is 7.92. The Hall–Kier alpha value is -4.18. The van der Waals surface area contributed by atoms with Crippen molar-refractivity contribution < 1.29 is 22.8 Å². The van der Waals surface area contributed by atoms with Crippen molar-refractivity contribution in [1.82, 2.24) is 5.32 Å². The Morgan fingerprint density at radius 3 is 2.37 bits per heavy atom. The van der Waals surface area contributed by atoms with Gasteiger partial charge in [-0.1, -0.05) is 30.3 Å². The average Bonchev–Trinajstić information content (AvgIpc) is 2.87. The van der Waals surface area contributed by atoms with Gasteiger partial charge >= 0.3 is 0 Å². The van der Waals surface area contributed by atoms with Crippen molar-refractivity contribution in [3.05, 3.63) is 89.5 Å². The van der Waals surface area contributed by atoms with Crippen molar-refractivity contribution in [3.63, 3.8) is 0 Å². The topological polar surface area (TPSA) is 139 Å². The minimum Gasteiger partial charge on any atom is -0.368 e. The lowest BCUT2D eigenvalue weighted by Crippen LogP contribution is -2.35. The van der Waals surface area contributed by atoms with Crippen LogP contribution in [0.2, 0.25) is 0 Å². The van der Waals surface area contributed by atoms with Gasteiger partial charge in [0.15, 0.2) is 0 Å². The molecule has 180 valence electrons. The first-order valence-electron chi connectivity index (χ1n) is 10.9. The van der Waals surface area contributed by atoms with Crippen LogP contribution in [-0.2, 0) is 21.2 Å². The second kappa shape index (κ2) is 9.98. The number of carbonyl (C=O) groups excluding carboxylic acids is 3. The maximum Gasteiger partial charge on any atom is 0.264 e. The average molecular weight is 493 g/mol. The number of nitrogens with zero attached hydrogens (tertiary/aromatic N) is 1. The van der Waals surface area contributed by atoms with Crippen LogP contribution in [0.25, 0.3) is 0 Å². The monoisotopic (exact) mass is 492 g/mol. The number of amides is 3. The van der Waals surface area contributed by atoms with E-state index < -0.39 is 27.7 Å². The molecule has 0 unspecified atom stereocenters. The number of nitrogens with two attached hydrogens (primary N) is 1. The summed E-state index contributed by atoms with van der Waals surface area (Å²) in [5.74, 6) is -1.73. The van der Waals surface area contributed by atoms with E-state index in [2.05, 4.69) is 10.6 Å². The van der Waals surface area contributed by atoms with Gasteiger partial charge in [-0.15, -0.1) is 0 Å². The molecular weight excluding hydrogens is 468 g/mol. The SMILES string of the molecule is NC(=O)CNC(=O)c1cccc(NC(=O)c2cccc(S(=O)(=O)N3CCCc4ccccc43)c2)c1. The van der Waals surface area contributed by atoms with E-state index in [1.165, 1.54) is 40.7 Å². The fraction of sp³-hybridized carbons (Fsp3) is 0.160. The number of aryl methyl sites for hydroxylation is 1. The highest BCUT2D eigenvalue weighted by Crippen LogP contribution is 2.32. The van der Waals surface area contributed by atoms with Gasteiger partial charge in [-0.2, -0.15) is 0 Å². The second-order valence-electron chi connectivity index (χ2n) is 8.02. The summed E-state index contributed by atoms with van der Waals surface area (Å²) in [5.41, 5.74) is 7.37. The zero-order chi connectivity index (χ0) is 25.0. The van der Waals surface area contributed by atoms with Gasteiger partial charge in [0.25, 0.3) is 21.8 Å². The number of fused-ring (bicyclic) bond motifs is 1. The summed E-state index contributed by atoms with van der Waals surface area (Å²) in [4.78, 5) is 35.9. The Kier molecular flexibility index (Phi) is 6.83. The first-order valence-corrected chi connectivity index (χ1v) is 12.4. The maximum absolute atomic E-state index is 13.4. The minimum atomic E-state index is -3.87. The Morgan fingerprint density at radius 2 is 1.60 bits per heavy atom. The quantitative estimate of drug-likeness (QED) is 0.465. The van der Waals surface area contributed by atoms with Crippen LogP contribution in [-0.4, -0.2) is 39.2 Å². The number of hydrogen-bond donors (Lipinski definition) is 3. The van der Waals surface area contributed by atoms with Crippen molar-refractivity contribution in [3.8, 4) is 0 Å². The van der Waals surface area contributed by atoms with E-state index in [4.69, 9.17) is 5.73 Å². The van der Waals surface area contributed by atoms with Gasteiger partial charge in [0.1, 0.15) is 0 Å². The lowest BCUT2D eigenvalue weighted by Gasteiger charge is -2.30. The van der Waals surface area contributed by atoms with Gasteiger partial charge in [0, 0.05) is 23.4 Å². The normalized spacial score (nSPS) is 13.0. The zero-order valence-electron chi connectivity index (χ0n) is 18.7. The molecule has 0 bridgehead atoms. The van der Waals surface area contributed by atoms with Gasteiger partial charge in [-0.3, -0.25) is 18.7 Å². The van der Waals surface area contributed by atoms with Crippen LogP contribution in [0.3, 0.4) is 0 Å². The minimum absolute atomic E-state index is 0.0152. The number of benzene rings is 3. The lowest BCUT2D eigenvalue weighted by molar-refractivity contribution is -0.117. The molecule has 0 spiro atoms. The first kappa shape index (κ1) is 24.0. The first-order chi connectivity index (χ1) is 16.8. The third kappa shape index (κ3) is 5.33. The van der Waals surface area contributed by atoms with Crippen LogP contribution in [0, 0.1) is 0 Å². The van der Waals surface area contributed by atoms with Crippen LogP contribution in [0.5, 0.6) is 0 Å². The van der Waals surface area contributed by atoms with E-state index >= 15 is 0 Å². The Balaban J connectivity index is 1.54. The molecule has 0 atom stereocenters. The van der Waals surface area contributed by atoms with E-state index in [-0.39, 0.29) is 22.6 Å². The molecule has 1 aliphatic heterocycles. The van der Waals surface area contributed by atoms with Gasteiger partial charge < -0.3 is 16.4 Å². The number of rotatable bonds is 7. The smallest absolute Gasteiger partial charge is 0.264 e. The van der Waals surface area contributed by atoms with E-state index in [0.29, 0.717) is 24.3 Å². The summed E-state index contributed by atoms with van der Waals surface area (Å²) in [6, 6.07) is 19.4. The molecule has 3 aromatic carbocycles. The molecule has 4 rings (SSSR count). The highest BCUT2D eigenvalue weighted by atomic mass is 32.2. The molecule has 0 radical (unpaired) electrons. The number of sulfonamides is 1. The summed E-state index contributed by atoms with van der Waals surface area (Å²) in [6.07, 6.45) is 1.52. The number of carbonyl (C=O) groups is 3. The van der Waals surface area contributed by atoms with Crippen LogP contribution in [0.4, 0.5) is 11.4 Å². The molecule has 3 aromatic rings. The zero-order valence-corrected chi connectivity index (χ0v) is 19.5. The molecule has 0 saturated heterocycles. The molecule has 0 aliphatic carbocycles. The summed E-state index contributed by atoms with van der Waals surface area (Å²) < 4.78 is 28.2. The predicted molar refractivity (Wildman–Crippen MR) is 132 cm³/mol. The molecule has 3 amide bonds. The van der Waals surface area contributed by atoms with Crippen LogP contribution in [0.1, 0.15) is 32.7 Å². The molecule has 10 heteroatoms. The molecule has 0 saturated carbocycles. The molecule has 0 aromatic heterocycles. The van der Waals surface area contributed by atoms with Crippen LogP contribution in [0.15, 0.2) is 77.7 Å². The highest BCUT2D eigenvalue weighted by Gasteiger charge is 2.29. The summed E-state index contributed by atoms with van der Waals surface area (Å²) in [6.45, 7) is 0.0541. The van der Waals surface area contributed by atoms with Crippen LogP contribution >= 0.6 is 0 Å². The lowest BCUT2D eigenvalue weighted by atomic mass is 10.0. The third-order valence-electron chi connectivity index (χ3n) is 5.56. The van der Waals surface area contributed by atoms with Gasteiger partial charge in [-0.25, -0.2) is 8.42 Å². The summed E-state index contributed by atoms with van der Waals surface area (Å²) in [7, 11) is -3.87. The summed E-state index contributed by atoms with van der Waals surface area (Å²) >= 11 is 0. The number of hydrogen-bond acceptors (Lipinski definition) is 5. The van der Waals surface area contributed by atoms with Crippen LogP contribution < -0.4 is 20.7 Å². The summed E-state index contributed by atoms with van der Waals surface area (Å²) in [5, 5.41) is 5.05. The van der Waals surface area contributed by atoms with Crippen molar-refractivity contribution in [2.24, 2.45) is 5.73 Å². The Morgan fingerprint density at radius 1 is 0.886 bits per heavy atom. The Labute approximate surface area is 203 Å². The molecule has 35 heavy (non-hydrogen) atoms. The van der Waals surface area contributed by atoms with Gasteiger partial charge in [0.2, 0.25) is 5.91 Å².